The van der Waals surface area contributed by atoms with Crippen molar-refractivity contribution in [3.63, 3.8) is 0 Å². The van der Waals surface area contributed by atoms with Crippen molar-refractivity contribution in [1.82, 2.24) is 20.4 Å². The van der Waals surface area contributed by atoms with E-state index in [1.807, 2.05) is 13.8 Å². The van der Waals surface area contributed by atoms with Gasteiger partial charge in [-0.15, -0.1) is 0 Å². The van der Waals surface area contributed by atoms with Crippen LogP contribution in [0.4, 0.5) is 4.39 Å². The molecule has 0 bridgehead atoms. The molecule has 0 aliphatic heterocycles. The average Bonchev–Trinajstić information content (AvgIpc) is 3.01. The van der Waals surface area contributed by atoms with Crippen LogP contribution in [-0.2, 0) is 9.59 Å². The van der Waals surface area contributed by atoms with E-state index in [-0.39, 0.29) is 30.4 Å². The molecule has 150 valence electrons. The number of halogens is 1. The van der Waals surface area contributed by atoms with E-state index in [1.54, 1.807) is 13.1 Å². The van der Waals surface area contributed by atoms with Gasteiger partial charge in [0.2, 0.25) is 5.91 Å². The number of benzene rings is 1. The molecule has 1 heterocycles. The summed E-state index contributed by atoms with van der Waals surface area (Å²) in [5.41, 5.74) is 1.28. The monoisotopic (exact) mass is 390 g/mol. The van der Waals surface area contributed by atoms with E-state index in [2.05, 4.69) is 15.7 Å². The Kier molecular flexibility index (Phi) is 6.86. The molecule has 0 aliphatic rings. The Hall–Kier alpha value is -3.23. The number of carbonyl (C=O) groups excluding carboxylic acids is 2. The topological polar surface area (TPSA) is 113 Å². The van der Waals surface area contributed by atoms with E-state index in [0.29, 0.717) is 11.3 Å². The number of nitrogens with zero attached hydrogens (tertiary/aromatic N) is 2. The average molecular weight is 390 g/mol. The summed E-state index contributed by atoms with van der Waals surface area (Å²) in [5, 5.41) is 18.1. The van der Waals surface area contributed by atoms with Gasteiger partial charge in [-0.1, -0.05) is 13.8 Å². The lowest BCUT2D eigenvalue weighted by Gasteiger charge is -2.16. The number of carbonyl (C=O) groups is 3. The van der Waals surface area contributed by atoms with Gasteiger partial charge in [0, 0.05) is 11.8 Å². The Morgan fingerprint density at radius 3 is 2.43 bits per heavy atom. The maximum Gasteiger partial charge on any atom is 0.326 e. The minimum atomic E-state index is -1.12. The fourth-order valence-electron chi connectivity index (χ4n) is 2.59. The molecule has 1 atom stereocenters. The van der Waals surface area contributed by atoms with Crippen LogP contribution in [0.1, 0.15) is 36.3 Å². The highest BCUT2D eigenvalue weighted by Gasteiger charge is 2.22. The maximum atomic E-state index is 13.0. The van der Waals surface area contributed by atoms with E-state index in [4.69, 9.17) is 5.11 Å². The number of carboxylic acids is 1. The molecule has 0 saturated carbocycles. The van der Waals surface area contributed by atoms with Gasteiger partial charge in [-0.25, -0.2) is 13.9 Å². The van der Waals surface area contributed by atoms with Gasteiger partial charge in [-0.05, 0) is 43.5 Å². The number of hydrogen-bond acceptors (Lipinski definition) is 4. The molecule has 9 heteroatoms. The smallest absolute Gasteiger partial charge is 0.326 e. The summed E-state index contributed by atoms with van der Waals surface area (Å²) in [4.78, 5) is 35.5. The molecule has 0 radical (unpaired) electrons. The number of aryl methyl sites for hydroxylation is 1. The van der Waals surface area contributed by atoms with Crippen molar-refractivity contribution in [3.8, 4) is 5.69 Å². The third-order valence-electron chi connectivity index (χ3n) is 3.95. The van der Waals surface area contributed by atoms with Gasteiger partial charge in [-0.2, -0.15) is 5.10 Å². The second kappa shape index (κ2) is 9.12. The lowest BCUT2D eigenvalue weighted by atomic mass is 10.0. The molecular formula is C19H23FN4O4. The van der Waals surface area contributed by atoms with E-state index in [9.17, 15) is 18.8 Å². The maximum absolute atomic E-state index is 13.0. The Balaban J connectivity index is 1.98. The molecule has 3 N–H and O–H groups in total. The number of aromatic nitrogens is 2. The molecule has 2 aromatic rings. The van der Waals surface area contributed by atoms with Crippen LogP contribution in [0.3, 0.4) is 0 Å². The van der Waals surface area contributed by atoms with Gasteiger partial charge in [0.1, 0.15) is 11.9 Å². The van der Waals surface area contributed by atoms with E-state index in [0.717, 1.165) is 0 Å². The van der Waals surface area contributed by atoms with Crippen LogP contribution in [0.15, 0.2) is 30.5 Å². The largest absolute Gasteiger partial charge is 0.480 e. The molecule has 1 aromatic carbocycles. The fraction of sp³-hybridized carbons (Fsp3) is 0.368. The third kappa shape index (κ3) is 5.63. The number of carboxylic acid groups (broad SMARTS) is 1. The van der Waals surface area contributed by atoms with Gasteiger partial charge in [0.05, 0.1) is 12.2 Å². The molecule has 1 aromatic heterocycles. The van der Waals surface area contributed by atoms with Crippen LogP contribution < -0.4 is 10.6 Å². The zero-order chi connectivity index (χ0) is 20.8. The summed E-state index contributed by atoms with van der Waals surface area (Å²) in [6, 6.07) is 4.61. The predicted octanol–water partition coefficient (Wildman–Crippen LogP) is 1.67. The highest BCUT2D eigenvalue weighted by Crippen LogP contribution is 2.12. The molecule has 28 heavy (non-hydrogen) atoms. The number of rotatable bonds is 8. The van der Waals surface area contributed by atoms with Crippen LogP contribution in [0.25, 0.3) is 5.69 Å². The van der Waals surface area contributed by atoms with E-state index in [1.165, 1.54) is 28.9 Å². The summed E-state index contributed by atoms with van der Waals surface area (Å²) in [7, 11) is 0. The van der Waals surface area contributed by atoms with Crippen molar-refractivity contribution < 1.29 is 23.9 Å². The summed E-state index contributed by atoms with van der Waals surface area (Å²) in [5.74, 6) is -2.58. The Morgan fingerprint density at radius 1 is 1.21 bits per heavy atom. The standard InChI is InChI=1S/C19H23FN4O4/c1-11(2)8-15(19(27)28)22-16(25)9-21-18(26)17-12(3)10-24(23-17)14-6-4-13(20)5-7-14/h4-7,10-11,15H,8-9H2,1-3H3,(H,21,26)(H,22,25)(H,27,28)/t15-/m0/s1. The molecule has 0 saturated heterocycles. The van der Waals surface area contributed by atoms with Crippen molar-refractivity contribution in [2.75, 3.05) is 6.54 Å². The fourth-order valence-corrected chi connectivity index (χ4v) is 2.59. The number of aliphatic carboxylic acids is 1. The molecule has 0 unspecified atom stereocenters. The highest BCUT2D eigenvalue weighted by molar-refractivity contribution is 5.96. The van der Waals surface area contributed by atoms with Crippen molar-refractivity contribution >= 4 is 17.8 Å². The number of hydrogen-bond donors (Lipinski definition) is 3. The zero-order valence-corrected chi connectivity index (χ0v) is 15.9. The highest BCUT2D eigenvalue weighted by atomic mass is 19.1. The van der Waals surface area contributed by atoms with Crippen molar-refractivity contribution in [2.24, 2.45) is 5.92 Å². The molecule has 2 rings (SSSR count). The Labute approximate surface area is 161 Å². The normalized spacial score (nSPS) is 11.9. The van der Waals surface area contributed by atoms with E-state index >= 15 is 0 Å². The second-order valence-corrected chi connectivity index (χ2v) is 6.85. The Bertz CT molecular complexity index is 861. The molecule has 2 amide bonds. The molecule has 8 nitrogen and oxygen atoms in total. The summed E-state index contributed by atoms with van der Waals surface area (Å²) in [6.45, 7) is 5.02. The van der Waals surface area contributed by atoms with Crippen LogP contribution >= 0.6 is 0 Å². The van der Waals surface area contributed by atoms with Gasteiger partial charge in [0.15, 0.2) is 5.69 Å². The zero-order valence-electron chi connectivity index (χ0n) is 15.9. The Morgan fingerprint density at radius 2 is 1.86 bits per heavy atom. The number of amides is 2. The SMILES string of the molecule is Cc1cn(-c2ccc(F)cc2)nc1C(=O)NCC(=O)N[C@@H](CC(C)C)C(=O)O. The van der Waals surface area contributed by atoms with Crippen molar-refractivity contribution in [3.05, 3.63) is 47.5 Å². The van der Waals surface area contributed by atoms with Gasteiger partial charge in [0.25, 0.3) is 5.91 Å². The molecular weight excluding hydrogens is 367 g/mol. The van der Waals surface area contributed by atoms with E-state index < -0.39 is 23.8 Å². The van der Waals surface area contributed by atoms with Crippen LogP contribution in [0.5, 0.6) is 0 Å². The summed E-state index contributed by atoms with van der Waals surface area (Å²) < 4.78 is 14.5. The van der Waals surface area contributed by atoms with Crippen LogP contribution in [0.2, 0.25) is 0 Å². The van der Waals surface area contributed by atoms with Crippen molar-refractivity contribution in [2.45, 2.75) is 33.2 Å². The second-order valence-electron chi connectivity index (χ2n) is 6.85. The quantitative estimate of drug-likeness (QED) is 0.634. The first-order valence-corrected chi connectivity index (χ1v) is 8.80. The number of nitrogens with one attached hydrogen (secondary N) is 2. The summed E-state index contributed by atoms with van der Waals surface area (Å²) in [6.07, 6.45) is 1.90. The van der Waals surface area contributed by atoms with Crippen molar-refractivity contribution in [1.29, 1.82) is 0 Å². The first-order chi connectivity index (χ1) is 13.2. The lowest BCUT2D eigenvalue weighted by Crippen LogP contribution is -2.46. The molecule has 0 spiro atoms. The minimum Gasteiger partial charge on any atom is -0.480 e. The molecule has 0 aliphatic carbocycles. The third-order valence-corrected chi connectivity index (χ3v) is 3.95. The minimum absolute atomic E-state index is 0.0917. The van der Waals surface area contributed by atoms with Gasteiger partial charge >= 0.3 is 5.97 Å². The lowest BCUT2D eigenvalue weighted by molar-refractivity contribution is -0.142. The van der Waals surface area contributed by atoms with Crippen LogP contribution in [0, 0.1) is 18.7 Å². The van der Waals surface area contributed by atoms with Gasteiger partial charge < -0.3 is 15.7 Å². The first kappa shape index (κ1) is 21.1. The molecule has 0 fully saturated rings. The first-order valence-electron chi connectivity index (χ1n) is 8.80. The predicted molar refractivity (Wildman–Crippen MR) is 99.6 cm³/mol. The summed E-state index contributed by atoms with van der Waals surface area (Å²) >= 11 is 0. The van der Waals surface area contributed by atoms with Crippen LogP contribution in [-0.4, -0.2) is 45.3 Å². The van der Waals surface area contributed by atoms with Gasteiger partial charge in [-0.3, -0.25) is 9.59 Å².